The van der Waals surface area contributed by atoms with Gasteiger partial charge in [0.15, 0.2) is 0 Å². The molecule has 100 valence electrons. The zero-order valence-corrected chi connectivity index (χ0v) is 12.3. The molecule has 0 saturated carbocycles. The lowest BCUT2D eigenvalue weighted by Gasteiger charge is -2.15. The highest BCUT2D eigenvalue weighted by Gasteiger charge is 2.27. The average molecular weight is 297 g/mol. The third-order valence-corrected chi connectivity index (χ3v) is 3.77. The van der Waals surface area contributed by atoms with Gasteiger partial charge in [0, 0.05) is 11.6 Å². The van der Waals surface area contributed by atoms with Crippen LogP contribution in [0.3, 0.4) is 0 Å². The number of rotatable bonds is 2. The van der Waals surface area contributed by atoms with Crippen molar-refractivity contribution in [2.24, 2.45) is 0 Å². The minimum atomic E-state index is -0.956. The molecule has 2 heterocycles. The van der Waals surface area contributed by atoms with Gasteiger partial charge in [-0.2, -0.15) is 0 Å². The molecule has 4 nitrogen and oxygen atoms in total. The number of halogens is 1. The molecule has 0 aliphatic rings. The van der Waals surface area contributed by atoms with Crippen molar-refractivity contribution in [2.45, 2.75) is 26.2 Å². The maximum absolute atomic E-state index is 11.3. The second kappa shape index (κ2) is 4.90. The average Bonchev–Trinajstić information content (AvgIpc) is 2.74. The molecule has 0 bridgehead atoms. The summed E-state index contributed by atoms with van der Waals surface area (Å²) in [6, 6.07) is 3.45. The largest absolute Gasteiger partial charge is 0.477 e. The Morgan fingerprint density at radius 2 is 2.05 bits per heavy atom. The molecule has 19 heavy (non-hydrogen) atoms. The van der Waals surface area contributed by atoms with E-state index in [-0.39, 0.29) is 10.3 Å². The number of carboxylic acid groups (broad SMARTS) is 1. The van der Waals surface area contributed by atoms with Gasteiger partial charge in [0.05, 0.1) is 16.4 Å². The van der Waals surface area contributed by atoms with Gasteiger partial charge in [0.1, 0.15) is 9.88 Å². The number of pyridine rings is 1. The molecular weight excluding hydrogens is 284 g/mol. The first kappa shape index (κ1) is 14.0. The quantitative estimate of drug-likeness (QED) is 0.914. The van der Waals surface area contributed by atoms with E-state index in [1.54, 1.807) is 12.1 Å². The minimum absolute atomic E-state index is 0.263. The van der Waals surface area contributed by atoms with Crippen molar-refractivity contribution >= 4 is 28.9 Å². The van der Waals surface area contributed by atoms with Crippen LogP contribution in [0.15, 0.2) is 18.3 Å². The van der Waals surface area contributed by atoms with Crippen molar-refractivity contribution in [1.82, 2.24) is 9.97 Å². The second-order valence-corrected chi connectivity index (χ2v) is 6.55. The third kappa shape index (κ3) is 2.93. The van der Waals surface area contributed by atoms with Crippen LogP contribution in [0.2, 0.25) is 5.02 Å². The van der Waals surface area contributed by atoms with Crippen LogP contribution in [-0.2, 0) is 5.41 Å². The Labute approximate surface area is 120 Å². The maximum Gasteiger partial charge on any atom is 0.347 e. The summed E-state index contributed by atoms with van der Waals surface area (Å²) in [5, 5.41) is 10.4. The Hall–Kier alpha value is -1.46. The first-order chi connectivity index (χ1) is 8.79. The summed E-state index contributed by atoms with van der Waals surface area (Å²) in [5.74, 6) is -0.956. The molecule has 0 aliphatic heterocycles. The molecule has 2 aromatic rings. The Kier molecular flexibility index (Phi) is 3.60. The normalized spacial score (nSPS) is 11.6. The van der Waals surface area contributed by atoms with Crippen LogP contribution in [0.1, 0.15) is 36.1 Å². The molecule has 0 fully saturated rings. The number of carboxylic acids is 1. The zero-order chi connectivity index (χ0) is 14.2. The van der Waals surface area contributed by atoms with Gasteiger partial charge < -0.3 is 5.11 Å². The first-order valence-corrected chi connectivity index (χ1v) is 6.85. The maximum atomic E-state index is 11.3. The van der Waals surface area contributed by atoms with Crippen molar-refractivity contribution in [2.75, 3.05) is 0 Å². The van der Waals surface area contributed by atoms with Gasteiger partial charge in [-0.3, -0.25) is 4.98 Å². The molecule has 0 aromatic carbocycles. The number of hydrogen-bond acceptors (Lipinski definition) is 4. The van der Waals surface area contributed by atoms with Crippen molar-refractivity contribution in [1.29, 1.82) is 0 Å². The van der Waals surface area contributed by atoms with E-state index in [9.17, 15) is 9.90 Å². The Morgan fingerprint density at radius 3 is 2.47 bits per heavy atom. The number of hydrogen-bond donors (Lipinski definition) is 1. The SMILES string of the molecule is CC(C)(C)c1nc(-c2ccc(Cl)cn2)sc1C(=O)O. The van der Waals surface area contributed by atoms with Crippen molar-refractivity contribution in [3.05, 3.63) is 33.9 Å². The van der Waals surface area contributed by atoms with E-state index >= 15 is 0 Å². The van der Waals surface area contributed by atoms with Crippen LogP contribution in [-0.4, -0.2) is 21.0 Å². The smallest absolute Gasteiger partial charge is 0.347 e. The predicted octanol–water partition coefficient (Wildman–Crippen LogP) is 3.85. The lowest BCUT2D eigenvalue weighted by molar-refractivity contribution is 0.0699. The van der Waals surface area contributed by atoms with Crippen LogP contribution >= 0.6 is 22.9 Å². The highest BCUT2D eigenvalue weighted by molar-refractivity contribution is 7.17. The lowest BCUT2D eigenvalue weighted by Crippen LogP contribution is -2.16. The van der Waals surface area contributed by atoms with E-state index in [1.165, 1.54) is 6.20 Å². The van der Waals surface area contributed by atoms with E-state index in [1.807, 2.05) is 20.8 Å². The molecule has 1 N–H and O–H groups in total. The van der Waals surface area contributed by atoms with Gasteiger partial charge in [-0.05, 0) is 12.1 Å². The van der Waals surface area contributed by atoms with E-state index < -0.39 is 5.97 Å². The molecule has 0 unspecified atom stereocenters. The van der Waals surface area contributed by atoms with Crippen LogP contribution in [0.4, 0.5) is 0 Å². The Morgan fingerprint density at radius 1 is 1.37 bits per heavy atom. The number of nitrogens with zero attached hydrogens (tertiary/aromatic N) is 2. The van der Waals surface area contributed by atoms with Crippen molar-refractivity contribution < 1.29 is 9.90 Å². The lowest BCUT2D eigenvalue weighted by atomic mass is 9.91. The van der Waals surface area contributed by atoms with Gasteiger partial charge in [0.2, 0.25) is 0 Å². The standard InChI is InChI=1S/C13H13ClN2O2S/c1-13(2,3)10-9(12(17)18)19-11(16-10)8-5-4-7(14)6-15-8/h4-6H,1-3H3,(H,17,18). The fourth-order valence-electron chi connectivity index (χ4n) is 1.59. The molecule has 2 aromatic heterocycles. The summed E-state index contributed by atoms with van der Waals surface area (Å²) >= 11 is 6.92. The topological polar surface area (TPSA) is 63.1 Å². The van der Waals surface area contributed by atoms with Gasteiger partial charge in [-0.1, -0.05) is 32.4 Å². The van der Waals surface area contributed by atoms with Gasteiger partial charge in [-0.15, -0.1) is 11.3 Å². The number of thiazole rings is 1. The second-order valence-electron chi connectivity index (χ2n) is 5.11. The van der Waals surface area contributed by atoms with Crippen LogP contribution in [0.5, 0.6) is 0 Å². The summed E-state index contributed by atoms with van der Waals surface area (Å²) in [7, 11) is 0. The Balaban J connectivity index is 2.55. The Bertz CT molecular complexity index is 615. The highest BCUT2D eigenvalue weighted by Crippen LogP contribution is 2.33. The van der Waals surface area contributed by atoms with Gasteiger partial charge in [0.25, 0.3) is 0 Å². The fraction of sp³-hybridized carbons (Fsp3) is 0.308. The van der Waals surface area contributed by atoms with Crippen LogP contribution < -0.4 is 0 Å². The zero-order valence-electron chi connectivity index (χ0n) is 10.8. The first-order valence-electron chi connectivity index (χ1n) is 5.65. The molecule has 0 atom stereocenters. The summed E-state index contributed by atoms with van der Waals surface area (Å²) in [4.78, 5) is 20.2. The molecule has 0 aliphatic carbocycles. The predicted molar refractivity (Wildman–Crippen MR) is 76.0 cm³/mol. The summed E-state index contributed by atoms with van der Waals surface area (Å²) in [5.41, 5.74) is 0.888. The summed E-state index contributed by atoms with van der Waals surface area (Å²) < 4.78 is 0. The molecule has 0 radical (unpaired) electrons. The molecule has 2 rings (SSSR count). The molecule has 0 spiro atoms. The van der Waals surface area contributed by atoms with Gasteiger partial charge >= 0.3 is 5.97 Å². The summed E-state index contributed by atoms with van der Waals surface area (Å²) in [6.45, 7) is 5.81. The van der Waals surface area contributed by atoms with Crippen LogP contribution in [0, 0.1) is 0 Å². The van der Waals surface area contributed by atoms with Gasteiger partial charge in [-0.25, -0.2) is 9.78 Å². The number of carbonyl (C=O) groups is 1. The molecule has 0 saturated heterocycles. The van der Waals surface area contributed by atoms with Crippen molar-refractivity contribution in [3.8, 4) is 10.7 Å². The van der Waals surface area contributed by atoms with E-state index in [4.69, 9.17) is 11.6 Å². The number of aromatic carboxylic acids is 1. The highest BCUT2D eigenvalue weighted by atomic mass is 35.5. The molecule has 6 heteroatoms. The molecule has 0 amide bonds. The molecular formula is C13H13ClN2O2S. The summed E-state index contributed by atoms with van der Waals surface area (Å²) in [6.07, 6.45) is 1.52. The van der Waals surface area contributed by atoms with Crippen LogP contribution in [0.25, 0.3) is 10.7 Å². The fourth-order valence-corrected chi connectivity index (χ4v) is 2.79. The van der Waals surface area contributed by atoms with E-state index in [0.717, 1.165) is 11.3 Å². The van der Waals surface area contributed by atoms with E-state index in [2.05, 4.69) is 9.97 Å². The number of aromatic nitrogens is 2. The van der Waals surface area contributed by atoms with E-state index in [0.29, 0.717) is 21.4 Å². The van der Waals surface area contributed by atoms with Crippen molar-refractivity contribution in [3.63, 3.8) is 0 Å². The monoisotopic (exact) mass is 296 g/mol. The third-order valence-electron chi connectivity index (χ3n) is 2.48. The minimum Gasteiger partial charge on any atom is -0.477 e.